The summed E-state index contributed by atoms with van der Waals surface area (Å²) in [7, 11) is 0. The third-order valence-corrected chi connectivity index (χ3v) is 25.0. The van der Waals surface area contributed by atoms with E-state index in [1.807, 2.05) is 11.3 Å². The molecule has 0 radical (unpaired) electrons. The zero-order valence-corrected chi connectivity index (χ0v) is 59.2. The summed E-state index contributed by atoms with van der Waals surface area (Å²) in [6.45, 7) is 33.9. The first-order chi connectivity index (χ1) is 45.8. The Morgan fingerprint density at radius 2 is 0.896 bits per heavy atom. The van der Waals surface area contributed by atoms with Gasteiger partial charge in [-0.15, -0.1) is 11.3 Å². The van der Waals surface area contributed by atoms with Crippen LogP contribution in [0.4, 0.5) is 17.1 Å². The zero-order valence-electron chi connectivity index (χ0n) is 58.4. The number of anilines is 3. The van der Waals surface area contributed by atoms with E-state index in [-0.39, 0.29) is 39.2 Å². The lowest BCUT2D eigenvalue weighted by molar-refractivity contribution is 0.332. The molecule has 472 valence electrons. The second-order valence-electron chi connectivity index (χ2n) is 33.7. The molecule has 0 amide bonds. The van der Waals surface area contributed by atoms with Crippen LogP contribution in [-0.2, 0) is 32.5 Å². The SMILES string of the molecule is CC(C)(C)c1ccc(N2c3cc(-c4c(-c5ccc6c(c5)C(C)(C)CCC6(C)C)cc(-c5ccccc5)cc4-c4ccc5c(c4)C(C)(C)CCC5(C)C)cc4c3B(c3sc5ccc(C(C)(C)C)cc5c32)c2cc3c5ccccc5c5ccccc5c3c3c5ccccc5n-4c23)cc1. The number of benzene rings is 12. The Bertz CT molecular complexity index is 5570. The number of para-hydroxylation sites is 1. The quantitative estimate of drug-likeness (QED) is 0.123. The Labute approximate surface area is 571 Å². The first-order valence-electron chi connectivity index (χ1n) is 35.3. The van der Waals surface area contributed by atoms with Crippen molar-refractivity contribution in [1.82, 2.24) is 4.57 Å². The van der Waals surface area contributed by atoms with Crippen molar-refractivity contribution in [3.05, 3.63) is 246 Å². The van der Waals surface area contributed by atoms with Gasteiger partial charge >= 0.3 is 0 Å². The molecule has 0 unspecified atom stereocenters. The van der Waals surface area contributed by atoms with E-state index in [4.69, 9.17) is 0 Å². The van der Waals surface area contributed by atoms with Crippen molar-refractivity contribution in [2.75, 3.05) is 4.90 Å². The molecule has 14 aromatic rings. The lowest BCUT2D eigenvalue weighted by atomic mass is 9.36. The summed E-state index contributed by atoms with van der Waals surface area (Å²) in [5.74, 6) is 0. The van der Waals surface area contributed by atoms with Gasteiger partial charge < -0.3 is 9.47 Å². The molecular formula is C92H85BN2S. The summed E-state index contributed by atoms with van der Waals surface area (Å²) in [6.07, 6.45) is 4.61. The van der Waals surface area contributed by atoms with E-state index in [2.05, 4.69) is 319 Å². The van der Waals surface area contributed by atoms with Crippen molar-refractivity contribution in [2.24, 2.45) is 0 Å². The monoisotopic (exact) mass is 1260 g/mol. The van der Waals surface area contributed by atoms with E-state index >= 15 is 0 Å². The molecular weight excluding hydrogens is 1180 g/mol. The first-order valence-corrected chi connectivity index (χ1v) is 36.2. The zero-order chi connectivity index (χ0) is 66.1. The number of nitrogens with zero attached hydrogens (tertiary/aromatic N) is 2. The van der Waals surface area contributed by atoms with Gasteiger partial charge in [-0.3, -0.25) is 0 Å². The molecule has 4 heteroatoms. The predicted octanol–water partition coefficient (Wildman–Crippen LogP) is 24.0. The van der Waals surface area contributed by atoms with Crippen LogP contribution in [0.2, 0.25) is 0 Å². The van der Waals surface area contributed by atoms with Crippen LogP contribution in [0.25, 0.3) is 114 Å². The van der Waals surface area contributed by atoms with Gasteiger partial charge in [0.05, 0.1) is 16.7 Å². The average Bonchev–Trinajstić information content (AvgIpc) is 1.43. The smallest absolute Gasteiger partial charge is 0.264 e. The van der Waals surface area contributed by atoms with E-state index in [9.17, 15) is 0 Å². The van der Waals surface area contributed by atoms with Crippen LogP contribution in [0.5, 0.6) is 0 Å². The van der Waals surface area contributed by atoms with Crippen molar-refractivity contribution in [2.45, 2.75) is 155 Å². The summed E-state index contributed by atoms with van der Waals surface area (Å²) >= 11 is 2.01. The fraction of sp³-hybridized carbons (Fsp3) is 0.261. The molecule has 2 aliphatic carbocycles. The number of thiophene rings is 1. The highest BCUT2D eigenvalue weighted by molar-refractivity contribution is 7.33. The Hall–Kier alpha value is -8.96. The van der Waals surface area contributed by atoms with Crippen LogP contribution < -0.4 is 20.6 Å². The van der Waals surface area contributed by atoms with Crippen molar-refractivity contribution in [3.63, 3.8) is 0 Å². The number of rotatable bonds is 5. The van der Waals surface area contributed by atoms with Gasteiger partial charge in [-0.25, -0.2) is 0 Å². The number of hydrogen-bond acceptors (Lipinski definition) is 2. The highest BCUT2D eigenvalue weighted by Crippen LogP contribution is 2.56. The van der Waals surface area contributed by atoms with Gasteiger partial charge in [0, 0.05) is 48.1 Å². The van der Waals surface area contributed by atoms with Crippen LogP contribution in [-0.4, -0.2) is 11.3 Å². The summed E-state index contributed by atoms with van der Waals surface area (Å²) in [4.78, 5) is 2.73. The number of fused-ring (bicyclic) bond motifs is 18. The van der Waals surface area contributed by atoms with Crippen LogP contribution >= 0.6 is 11.3 Å². The third kappa shape index (κ3) is 8.68. The average molecular weight is 1260 g/mol. The Morgan fingerprint density at radius 3 is 1.49 bits per heavy atom. The molecule has 96 heavy (non-hydrogen) atoms. The molecule has 0 saturated heterocycles. The largest absolute Gasteiger partial charge is 0.310 e. The minimum atomic E-state index is -0.0922. The van der Waals surface area contributed by atoms with Gasteiger partial charge in [0.15, 0.2) is 0 Å². The van der Waals surface area contributed by atoms with Crippen LogP contribution in [0.15, 0.2) is 212 Å². The Morgan fingerprint density at radius 1 is 0.385 bits per heavy atom. The number of hydrogen-bond donors (Lipinski definition) is 0. The molecule has 0 N–H and O–H groups in total. The molecule has 4 heterocycles. The second-order valence-corrected chi connectivity index (χ2v) is 34.8. The minimum absolute atomic E-state index is 0.00425. The lowest BCUT2D eigenvalue weighted by Gasteiger charge is -2.42. The fourth-order valence-electron chi connectivity index (χ4n) is 18.1. The third-order valence-electron chi connectivity index (χ3n) is 23.8. The molecule has 0 atom stereocenters. The maximum absolute atomic E-state index is 2.74. The summed E-state index contributed by atoms with van der Waals surface area (Å²) in [5, 5.41) is 11.8. The van der Waals surface area contributed by atoms with Crippen molar-refractivity contribution >= 4 is 115 Å². The highest BCUT2D eigenvalue weighted by atomic mass is 32.1. The maximum atomic E-state index is 2.74. The van der Waals surface area contributed by atoms with Crippen molar-refractivity contribution < 1.29 is 0 Å². The van der Waals surface area contributed by atoms with Gasteiger partial charge in [0.2, 0.25) is 0 Å². The van der Waals surface area contributed by atoms with E-state index in [1.54, 1.807) is 0 Å². The maximum Gasteiger partial charge on any atom is 0.264 e. The summed E-state index contributed by atoms with van der Waals surface area (Å²) in [6, 6.07) is 84.5. The second kappa shape index (κ2) is 20.3. The summed E-state index contributed by atoms with van der Waals surface area (Å²) in [5.41, 5.74) is 28.7. The topological polar surface area (TPSA) is 8.17 Å². The molecule has 12 aromatic carbocycles. The molecule has 2 aliphatic heterocycles. The van der Waals surface area contributed by atoms with E-state index in [1.165, 1.54) is 181 Å². The van der Waals surface area contributed by atoms with Crippen LogP contribution in [0, 0.1) is 0 Å². The van der Waals surface area contributed by atoms with Gasteiger partial charge in [-0.2, -0.15) is 0 Å². The Balaban J connectivity index is 1.05. The molecule has 4 aliphatic rings. The predicted molar refractivity (Wildman–Crippen MR) is 418 cm³/mol. The van der Waals surface area contributed by atoms with Gasteiger partial charge in [-0.05, 0) is 229 Å². The molecule has 18 rings (SSSR count). The molecule has 2 nitrogen and oxygen atoms in total. The summed E-state index contributed by atoms with van der Waals surface area (Å²) < 4.78 is 5.45. The molecule has 0 spiro atoms. The number of aromatic nitrogens is 1. The fourth-order valence-corrected chi connectivity index (χ4v) is 19.4. The molecule has 0 saturated carbocycles. The Kier molecular flexibility index (Phi) is 12.6. The first kappa shape index (κ1) is 59.5. The van der Waals surface area contributed by atoms with E-state index in [0.29, 0.717) is 0 Å². The van der Waals surface area contributed by atoms with E-state index < -0.39 is 0 Å². The van der Waals surface area contributed by atoms with Crippen molar-refractivity contribution in [1.29, 1.82) is 0 Å². The van der Waals surface area contributed by atoms with Crippen LogP contribution in [0.3, 0.4) is 0 Å². The van der Waals surface area contributed by atoms with Gasteiger partial charge in [0.25, 0.3) is 6.71 Å². The minimum Gasteiger partial charge on any atom is -0.310 e. The van der Waals surface area contributed by atoms with Crippen LogP contribution in [0.1, 0.15) is 156 Å². The standard InChI is InChI=1S/C92H85BN2S/c1-87(2,3)59-34-37-61(38-35-59)94-77-50-58(80-67(55-32-39-71-73(48-55)91(11,12)44-42-89(71,7)8)46-57(54-24-16-15-17-25-54)47-68(80)56-33-40-72-74(49-56)92(13,14)45-43-90(72,9)10)51-78-83(77)93(86-84(94)70-52-60(88(4,5)6)36-41-79(70)96-86)75-53-69-64-28-19-18-26-62(64)63-27-20-21-29-65(63)81(69)82-66-30-22-23-31-76(66)95(78)85(75)82/h15-41,46-53H,42-45H2,1-14H3. The van der Waals surface area contributed by atoms with Crippen molar-refractivity contribution in [3.8, 4) is 50.2 Å². The van der Waals surface area contributed by atoms with E-state index in [0.717, 1.165) is 25.7 Å². The molecule has 2 aromatic heterocycles. The molecule has 0 bridgehead atoms. The normalized spacial score (nSPS) is 16.6. The van der Waals surface area contributed by atoms with Gasteiger partial charge in [0.1, 0.15) is 0 Å². The highest BCUT2D eigenvalue weighted by Gasteiger charge is 2.47. The lowest BCUT2D eigenvalue weighted by Crippen LogP contribution is -2.59. The van der Waals surface area contributed by atoms with Gasteiger partial charge in [-0.1, -0.05) is 255 Å². The molecule has 0 fully saturated rings.